The first-order chi connectivity index (χ1) is 29.7. The van der Waals surface area contributed by atoms with Gasteiger partial charge in [0.25, 0.3) is 0 Å². The minimum atomic E-state index is -2.81. The average molecular weight is 870 g/mol. The van der Waals surface area contributed by atoms with Gasteiger partial charge in [-0.15, -0.1) is 0 Å². The molecule has 3 aromatic carbocycles. The quantitative estimate of drug-likeness (QED) is 0.0290. The molecule has 0 unspecified atom stereocenters. The Labute approximate surface area is 365 Å². The number of ether oxygens (including phenoxy) is 1. The molecule has 2 heterocycles. The molecule has 14 heteroatoms. The first-order valence-corrected chi connectivity index (χ1v) is 23.7. The smallest absolute Gasteiger partial charge is 0.461 e. The molecule has 334 valence electrons. The van der Waals surface area contributed by atoms with Gasteiger partial charge in [-0.05, 0) is 120 Å². The van der Waals surface area contributed by atoms with Gasteiger partial charge >= 0.3 is 26.0 Å². The van der Waals surface area contributed by atoms with Crippen LogP contribution in [0.15, 0.2) is 73.0 Å². The van der Waals surface area contributed by atoms with Crippen LogP contribution in [0, 0.1) is 27.7 Å². The lowest BCUT2D eigenvalue weighted by molar-refractivity contribution is -0.146. The van der Waals surface area contributed by atoms with Gasteiger partial charge in [-0.1, -0.05) is 18.2 Å². The van der Waals surface area contributed by atoms with Crippen molar-refractivity contribution in [2.45, 2.75) is 107 Å². The SMILES string of the molecule is CCO[Si](CCCNC(=O)CCC(=O)OCc1cc(CN(CC)c2cc3oc(=O)cc(C)c3cc2C)cc(CN(CC)c2cc3oc(=O)cc(C)c3cc2C)c1)(OCC)OCC. The molecule has 0 aliphatic heterocycles. The molecular formula is C48H63N3O10Si. The second kappa shape index (κ2) is 22.2. The van der Waals surface area contributed by atoms with E-state index in [-0.39, 0.29) is 36.6 Å². The molecule has 1 N–H and O–H groups in total. The Kier molecular flexibility index (Phi) is 17.1. The molecule has 0 spiro atoms. The van der Waals surface area contributed by atoms with Crippen LogP contribution in [0.3, 0.4) is 0 Å². The number of nitrogens with one attached hydrogen (secondary N) is 1. The molecule has 5 rings (SSSR count). The summed E-state index contributed by atoms with van der Waals surface area (Å²) >= 11 is 0. The largest absolute Gasteiger partial charge is 0.500 e. The third-order valence-corrected chi connectivity index (χ3v) is 14.0. The number of esters is 1. The number of hydrogen-bond acceptors (Lipinski definition) is 12. The van der Waals surface area contributed by atoms with Crippen molar-refractivity contribution in [2.75, 3.05) is 49.3 Å². The van der Waals surface area contributed by atoms with E-state index in [1.165, 1.54) is 12.1 Å². The van der Waals surface area contributed by atoms with Gasteiger partial charge in [-0.2, -0.15) is 0 Å². The summed E-state index contributed by atoms with van der Waals surface area (Å²) < 4.78 is 34.7. The van der Waals surface area contributed by atoms with Crippen LogP contribution in [0.1, 0.15) is 92.8 Å². The van der Waals surface area contributed by atoms with Crippen molar-refractivity contribution in [3.63, 3.8) is 0 Å². The Morgan fingerprint density at radius 1 is 0.613 bits per heavy atom. The van der Waals surface area contributed by atoms with E-state index in [1.807, 2.05) is 58.9 Å². The lowest BCUT2D eigenvalue weighted by atomic mass is 10.0. The minimum absolute atomic E-state index is 0.00150. The fourth-order valence-electron chi connectivity index (χ4n) is 7.96. The van der Waals surface area contributed by atoms with Gasteiger partial charge in [-0.3, -0.25) is 9.59 Å². The van der Waals surface area contributed by atoms with E-state index >= 15 is 0 Å². The maximum atomic E-state index is 13.0. The van der Waals surface area contributed by atoms with E-state index in [1.54, 1.807) is 0 Å². The number of benzene rings is 3. The summed E-state index contributed by atoms with van der Waals surface area (Å²) in [7, 11) is -2.81. The number of rotatable bonds is 23. The normalized spacial score (nSPS) is 11.6. The molecule has 0 fully saturated rings. The predicted octanol–water partition coefficient (Wildman–Crippen LogP) is 8.56. The van der Waals surface area contributed by atoms with Gasteiger partial charge in [-0.25, -0.2) is 9.59 Å². The van der Waals surface area contributed by atoms with Crippen molar-refractivity contribution < 1.29 is 36.4 Å². The second-order valence-electron chi connectivity index (χ2n) is 15.5. The van der Waals surface area contributed by atoms with Crippen LogP contribution < -0.4 is 26.4 Å². The zero-order valence-electron chi connectivity index (χ0n) is 37.9. The molecule has 0 aliphatic carbocycles. The van der Waals surface area contributed by atoms with Crippen LogP contribution in [-0.2, 0) is 47.3 Å². The zero-order chi connectivity index (χ0) is 45.0. The Morgan fingerprint density at radius 2 is 1.08 bits per heavy atom. The molecule has 0 bridgehead atoms. The maximum Gasteiger partial charge on any atom is 0.500 e. The molecule has 0 atom stereocenters. The summed E-state index contributed by atoms with van der Waals surface area (Å²) in [5.74, 6) is -0.709. The maximum absolute atomic E-state index is 13.0. The number of fused-ring (bicyclic) bond motifs is 2. The molecule has 2 aromatic heterocycles. The topological polar surface area (TPSA) is 150 Å². The van der Waals surface area contributed by atoms with E-state index in [9.17, 15) is 19.2 Å². The molecule has 1 amide bonds. The van der Waals surface area contributed by atoms with Crippen molar-refractivity contribution in [2.24, 2.45) is 0 Å². The number of amides is 1. The van der Waals surface area contributed by atoms with Gasteiger partial charge in [0.2, 0.25) is 5.91 Å². The van der Waals surface area contributed by atoms with Crippen molar-refractivity contribution in [1.82, 2.24) is 5.32 Å². The molecule has 0 aliphatic rings. The van der Waals surface area contributed by atoms with E-state index < -0.39 is 14.8 Å². The number of anilines is 2. The fourth-order valence-corrected chi connectivity index (χ4v) is 10.6. The highest BCUT2D eigenvalue weighted by molar-refractivity contribution is 6.60. The second-order valence-corrected chi connectivity index (χ2v) is 18.3. The van der Waals surface area contributed by atoms with Gasteiger partial charge in [0, 0.05) is 111 Å². The van der Waals surface area contributed by atoms with Gasteiger partial charge in [0.05, 0.1) is 6.42 Å². The van der Waals surface area contributed by atoms with E-state index in [0.29, 0.717) is 76.2 Å². The fraction of sp³-hybridized carbons (Fsp3) is 0.458. The van der Waals surface area contributed by atoms with Crippen molar-refractivity contribution in [3.05, 3.63) is 114 Å². The summed E-state index contributed by atoms with van der Waals surface area (Å²) in [6.45, 7) is 22.1. The van der Waals surface area contributed by atoms with Crippen LogP contribution in [0.2, 0.25) is 6.04 Å². The summed E-state index contributed by atoms with van der Waals surface area (Å²) in [5, 5.41) is 4.69. The molecule has 0 radical (unpaired) electrons. The molecule has 0 saturated heterocycles. The Bertz CT molecular complexity index is 2310. The van der Waals surface area contributed by atoms with Gasteiger partial charge < -0.3 is 42.0 Å². The highest BCUT2D eigenvalue weighted by atomic mass is 28.4. The summed E-state index contributed by atoms with van der Waals surface area (Å²) in [5.41, 5.74) is 8.82. The Morgan fingerprint density at radius 3 is 1.53 bits per heavy atom. The third kappa shape index (κ3) is 12.4. The molecule has 13 nitrogen and oxygen atoms in total. The van der Waals surface area contributed by atoms with Gasteiger partial charge in [0.15, 0.2) is 0 Å². The average Bonchev–Trinajstić information content (AvgIpc) is 3.22. The summed E-state index contributed by atoms with van der Waals surface area (Å²) in [4.78, 5) is 54.8. The van der Waals surface area contributed by atoms with Crippen LogP contribution in [-0.4, -0.2) is 60.1 Å². The number of carbonyl (C=O) groups is 2. The van der Waals surface area contributed by atoms with E-state index in [0.717, 1.165) is 61.1 Å². The predicted molar refractivity (Wildman–Crippen MR) is 246 cm³/mol. The standard InChI is InChI=1S/C48H63N3O10Si/c1-10-50(41-27-43-39(20-34(41)8)32(6)22-47(54)60-43)29-36-24-37(30-51(11-2)42-28-44-40(21-35(42)9)33(7)23-48(55)61-44)26-38(25-36)31-56-46(53)17-16-45(52)49-18-15-19-62(57-12-3,58-13-4)59-14-5/h20-28H,10-19,29-31H2,1-9H3,(H,49,52). The molecule has 0 saturated carbocycles. The first kappa shape index (κ1) is 47.8. The van der Waals surface area contributed by atoms with Crippen LogP contribution in [0.4, 0.5) is 11.4 Å². The lowest BCUT2D eigenvalue weighted by Crippen LogP contribution is -2.46. The Hall–Kier alpha value is -5.28. The summed E-state index contributed by atoms with van der Waals surface area (Å²) in [6, 6.07) is 17.8. The Balaban J connectivity index is 1.33. The third-order valence-electron chi connectivity index (χ3n) is 10.9. The van der Waals surface area contributed by atoms with Crippen LogP contribution >= 0.6 is 0 Å². The van der Waals surface area contributed by atoms with E-state index in [2.05, 4.69) is 61.0 Å². The van der Waals surface area contributed by atoms with Crippen LogP contribution in [0.25, 0.3) is 21.9 Å². The number of aryl methyl sites for hydroxylation is 4. The first-order valence-electron chi connectivity index (χ1n) is 21.8. The van der Waals surface area contributed by atoms with Crippen molar-refractivity contribution in [3.8, 4) is 0 Å². The highest BCUT2D eigenvalue weighted by Gasteiger charge is 2.39. The zero-order valence-corrected chi connectivity index (χ0v) is 38.9. The minimum Gasteiger partial charge on any atom is -0.461 e. The number of nitrogens with zero attached hydrogens (tertiary/aromatic N) is 2. The van der Waals surface area contributed by atoms with Crippen molar-refractivity contribution in [1.29, 1.82) is 0 Å². The summed E-state index contributed by atoms with van der Waals surface area (Å²) in [6.07, 6.45) is 0.565. The molecular weight excluding hydrogens is 807 g/mol. The monoisotopic (exact) mass is 869 g/mol. The number of hydrogen-bond donors (Lipinski definition) is 1. The highest BCUT2D eigenvalue weighted by Crippen LogP contribution is 2.31. The van der Waals surface area contributed by atoms with Gasteiger partial charge in [0.1, 0.15) is 17.8 Å². The molecule has 5 aromatic rings. The number of carbonyl (C=O) groups excluding carboxylic acids is 2. The van der Waals surface area contributed by atoms with Crippen LogP contribution in [0.5, 0.6) is 0 Å². The molecule has 62 heavy (non-hydrogen) atoms. The van der Waals surface area contributed by atoms with E-state index in [4.69, 9.17) is 26.8 Å². The lowest BCUT2D eigenvalue weighted by Gasteiger charge is -2.28. The van der Waals surface area contributed by atoms with Crippen molar-refractivity contribution >= 4 is 54.0 Å².